The fourth-order valence-corrected chi connectivity index (χ4v) is 2.38. The summed E-state index contributed by atoms with van der Waals surface area (Å²) in [5.74, 6) is -0.00282. The molecule has 0 saturated carbocycles. The van der Waals surface area contributed by atoms with Gasteiger partial charge >= 0.3 is 0 Å². The molecule has 106 valence electrons. The Balaban J connectivity index is 2.10. The maximum Gasteiger partial charge on any atom is 0.273 e. The van der Waals surface area contributed by atoms with E-state index >= 15 is 0 Å². The Hall–Kier alpha value is -1.72. The predicted molar refractivity (Wildman–Crippen MR) is 81.9 cm³/mol. The normalized spacial score (nSPS) is 10.8. The lowest BCUT2D eigenvalue weighted by molar-refractivity contribution is 0.0727. The SMILES string of the molecule is CN(C)CCN(Cc1ccccc1)C(=O)c1cscn1. The van der Waals surface area contributed by atoms with Crippen LogP contribution in [0.2, 0.25) is 0 Å². The lowest BCUT2D eigenvalue weighted by atomic mass is 10.2. The fourth-order valence-electron chi connectivity index (χ4n) is 1.86. The number of amides is 1. The van der Waals surface area contributed by atoms with Crippen LogP contribution in [-0.4, -0.2) is 47.9 Å². The van der Waals surface area contributed by atoms with Crippen LogP contribution in [0.1, 0.15) is 16.1 Å². The number of thiazole rings is 1. The van der Waals surface area contributed by atoms with Gasteiger partial charge in [0, 0.05) is 25.0 Å². The summed E-state index contributed by atoms with van der Waals surface area (Å²) in [5.41, 5.74) is 3.36. The van der Waals surface area contributed by atoms with Gasteiger partial charge in [-0.3, -0.25) is 4.79 Å². The molecule has 0 bridgehead atoms. The molecule has 0 unspecified atom stereocenters. The molecule has 20 heavy (non-hydrogen) atoms. The van der Waals surface area contributed by atoms with E-state index in [1.807, 2.05) is 49.3 Å². The third-order valence-electron chi connectivity index (χ3n) is 2.97. The number of nitrogens with zero attached hydrogens (tertiary/aromatic N) is 3. The Morgan fingerprint density at radius 3 is 2.55 bits per heavy atom. The number of carbonyl (C=O) groups is 1. The quantitative estimate of drug-likeness (QED) is 0.819. The van der Waals surface area contributed by atoms with Gasteiger partial charge in [-0.25, -0.2) is 4.98 Å². The summed E-state index contributed by atoms with van der Waals surface area (Å²) in [6.07, 6.45) is 0. The summed E-state index contributed by atoms with van der Waals surface area (Å²) in [6, 6.07) is 10.0. The molecule has 4 nitrogen and oxygen atoms in total. The fraction of sp³-hybridized carbons (Fsp3) is 0.333. The molecule has 0 aliphatic heterocycles. The van der Waals surface area contributed by atoms with Crippen molar-refractivity contribution < 1.29 is 4.79 Å². The summed E-state index contributed by atoms with van der Waals surface area (Å²) in [5, 5.41) is 1.80. The third kappa shape index (κ3) is 4.15. The lowest BCUT2D eigenvalue weighted by Crippen LogP contribution is -2.36. The first-order valence-corrected chi connectivity index (χ1v) is 7.47. The van der Waals surface area contributed by atoms with Crippen LogP contribution < -0.4 is 0 Å². The van der Waals surface area contributed by atoms with Crippen LogP contribution in [0.4, 0.5) is 0 Å². The molecule has 0 fully saturated rings. The van der Waals surface area contributed by atoms with E-state index in [-0.39, 0.29) is 5.91 Å². The van der Waals surface area contributed by atoms with Crippen LogP contribution in [0, 0.1) is 0 Å². The molecule has 1 aromatic carbocycles. The number of carbonyl (C=O) groups excluding carboxylic acids is 1. The first-order chi connectivity index (χ1) is 9.66. The van der Waals surface area contributed by atoms with E-state index < -0.39 is 0 Å². The van der Waals surface area contributed by atoms with Gasteiger partial charge in [0.1, 0.15) is 5.69 Å². The molecule has 0 spiro atoms. The van der Waals surface area contributed by atoms with Gasteiger partial charge in [-0.2, -0.15) is 0 Å². The zero-order valence-electron chi connectivity index (χ0n) is 11.8. The Morgan fingerprint density at radius 1 is 1.20 bits per heavy atom. The molecule has 1 heterocycles. The van der Waals surface area contributed by atoms with Crippen LogP contribution >= 0.6 is 11.3 Å². The third-order valence-corrected chi connectivity index (χ3v) is 3.56. The minimum atomic E-state index is -0.00282. The van der Waals surface area contributed by atoms with Gasteiger partial charge in [-0.1, -0.05) is 30.3 Å². The highest BCUT2D eigenvalue weighted by Crippen LogP contribution is 2.10. The van der Waals surface area contributed by atoms with E-state index in [4.69, 9.17) is 0 Å². The summed E-state index contributed by atoms with van der Waals surface area (Å²) in [4.78, 5) is 20.5. The van der Waals surface area contributed by atoms with Gasteiger partial charge in [0.05, 0.1) is 5.51 Å². The number of hydrogen-bond acceptors (Lipinski definition) is 4. The molecular formula is C15H19N3OS. The van der Waals surface area contributed by atoms with Crippen LogP contribution in [-0.2, 0) is 6.54 Å². The first-order valence-electron chi connectivity index (χ1n) is 6.53. The van der Waals surface area contributed by atoms with Crippen LogP contribution in [0.5, 0.6) is 0 Å². The zero-order chi connectivity index (χ0) is 14.4. The van der Waals surface area contributed by atoms with Crippen LogP contribution in [0.15, 0.2) is 41.2 Å². The highest BCUT2D eigenvalue weighted by atomic mass is 32.1. The van der Waals surface area contributed by atoms with E-state index in [1.165, 1.54) is 11.3 Å². The maximum absolute atomic E-state index is 12.5. The summed E-state index contributed by atoms with van der Waals surface area (Å²) >= 11 is 1.45. The van der Waals surface area contributed by atoms with Crippen molar-refractivity contribution in [2.75, 3.05) is 27.2 Å². The summed E-state index contributed by atoms with van der Waals surface area (Å²) in [6.45, 7) is 2.14. The number of benzene rings is 1. The molecule has 1 amide bonds. The predicted octanol–water partition coefficient (Wildman–Crippen LogP) is 2.35. The molecule has 5 heteroatoms. The zero-order valence-corrected chi connectivity index (χ0v) is 12.6. The highest BCUT2D eigenvalue weighted by molar-refractivity contribution is 7.07. The Morgan fingerprint density at radius 2 is 1.95 bits per heavy atom. The Bertz CT molecular complexity index is 525. The smallest absolute Gasteiger partial charge is 0.273 e. The largest absolute Gasteiger partial charge is 0.332 e. The second-order valence-electron chi connectivity index (χ2n) is 4.89. The molecular weight excluding hydrogens is 270 g/mol. The van der Waals surface area contributed by atoms with Crippen molar-refractivity contribution in [2.45, 2.75) is 6.54 Å². The van der Waals surface area contributed by atoms with E-state index in [2.05, 4.69) is 9.88 Å². The van der Waals surface area contributed by atoms with Crippen LogP contribution in [0.25, 0.3) is 0 Å². The molecule has 0 atom stereocenters. The standard InChI is InChI=1S/C15H19N3OS/c1-17(2)8-9-18(10-13-6-4-3-5-7-13)15(19)14-11-20-12-16-14/h3-7,11-12H,8-10H2,1-2H3. The van der Waals surface area contributed by atoms with Crippen molar-refractivity contribution in [2.24, 2.45) is 0 Å². The van der Waals surface area contributed by atoms with E-state index in [1.54, 1.807) is 10.9 Å². The van der Waals surface area contributed by atoms with Gasteiger partial charge < -0.3 is 9.80 Å². The number of aromatic nitrogens is 1. The average molecular weight is 289 g/mol. The van der Waals surface area contributed by atoms with Crippen molar-refractivity contribution in [3.8, 4) is 0 Å². The number of likely N-dealkylation sites (N-methyl/N-ethyl adjacent to an activating group) is 1. The van der Waals surface area contributed by atoms with E-state index in [9.17, 15) is 4.79 Å². The second-order valence-corrected chi connectivity index (χ2v) is 5.61. The van der Waals surface area contributed by atoms with Gasteiger partial charge in [-0.15, -0.1) is 11.3 Å². The van der Waals surface area contributed by atoms with Crippen molar-refractivity contribution >= 4 is 17.2 Å². The van der Waals surface area contributed by atoms with Gasteiger partial charge in [0.15, 0.2) is 0 Å². The number of rotatable bonds is 6. The monoisotopic (exact) mass is 289 g/mol. The topological polar surface area (TPSA) is 36.4 Å². The molecule has 0 aliphatic rings. The Kier molecular flexibility index (Phi) is 5.26. The minimum Gasteiger partial charge on any atom is -0.332 e. The highest BCUT2D eigenvalue weighted by Gasteiger charge is 2.17. The van der Waals surface area contributed by atoms with Gasteiger partial charge in [0.25, 0.3) is 5.91 Å². The van der Waals surface area contributed by atoms with E-state index in [0.29, 0.717) is 18.8 Å². The maximum atomic E-state index is 12.5. The van der Waals surface area contributed by atoms with Gasteiger partial charge in [0.2, 0.25) is 0 Å². The molecule has 0 radical (unpaired) electrons. The van der Waals surface area contributed by atoms with Crippen molar-refractivity contribution in [1.29, 1.82) is 0 Å². The Labute approximate surface area is 123 Å². The molecule has 2 aromatic rings. The van der Waals surface area contributed by atoms with Crippen molar-refractivity contribution in [3.63, 3.8) is 0 Å². The average Bonchev–Trinajstić information content (AvgIpc) is 2.97. The molecule has 0 saturated heterocycles. The summed E-state index contributed by atoms with van der Waals surface area (Å²) in [7, 11) is 4.02. The van der Waals surface area contributed by atoms with Crippen molar-refractivity contribution in [3.05, 3.63) is 52.5 Å². The molecule has 0 N–H and O–H groups in total. The molecule has 2 rings (SSSR count). The summed E-state index contributed by atoms with van der Waals surface area (Å²) < 4.78 is 0. The minimum absolute atomic E-state index is 0.00282. The second kappa shape index (κ2) is 7.17. The first kappa shape index (κ1) is 14.7. The van der Waals surface area contributed by atoms with E-state index in [0.717, 1.165) is 12.1 Å². The van der Waals surface area contributed by atoms with Gasteiger partial charge in [-0.05, 0) is 19.7 Å². The molecule has 0 aliphatic carbocycles. The lowest BCUT2D eigenvalue weighted by Gasteiger charge is -2.23. The number of hydrogen-bond donors (Lipinski definition) is 0. The van der Waals surface area contributed by atoms with Crippen molar-refractivity contribution in [1.82, 2.24) is 14.8 Å². The van der Waals surface area contributed by atoms with Crippen LogP contribution in [0.3, 0.4) is 0 Å². The molecule has 1 aromatic heterocycles.